The van der Waals surface area contributed by atoms with Crippen LogP contribution in [0.2, 0.25) is 0 Å². The summed E-state index contributed by atoms with van der Waals surface area (Å²) >= 11 is 0. The predicted molar refractivity (Wildman–Crippen MR) is 124 cm³/mol. The van der Waals surface area contributed by atoms with Gasteiger partial charge in [0.25, 0.3) is 0 Å². The van der Waals surface area contributed by atoms with Gasteiger partial charge in [0, 0.05) is 31.6 Å². The first kappa shape index (κ1) is 21.6. The molecule has 164 valence electrons. The molecule has 0 spiro atoms. The summed E-state index contributed by atoms with van der Waals surface area (Å²) in [5, 5.41) is 3.16. The van der Waals surface area contributed by atoms with Crippen LogP contribution in [0.5, 0.6) is 0 Å². The van der Waals surface area contributed by atoms with Gasteiger partial charge in [-0.25, -0.2) is 0 Å². The number of rotatable bonds is 6. The minimum absolute atomic E-state index is 0.00881. The van der Waals surface area contributed by atoms with E-state index >= 15 is 0 Å². The van der Waals surface area contributed by atoms with E-state index < -0.39 is 6.04 Å². The zero-order valence-corrected chi connectivity index (χ0v) is 18.6. The van der Waals surface area contributed by atoms with E-state index in [2.05, 4.69) is 41.4 Å². The van der Waals surface area contributed by atoms with E-state index in [9.17, 15) is 9.59 Å². The lowest BCUT2D eigenvalue weighted by Gasteiger charge is -2.32. The van der Waals surface area contributed by atoms with Crippen molar-refractivity contribution in [1.29, 1.82) is 0 Å². The summed E-state index contributed by atoms with van der Waals surface area (Å²) in [5.74, 6) is 0.479. The highest BCUT2D eigenvalue weighted by Gasteiger charge is 2.37. The number of likely N-dealkylation sites (tertiary alicyclic amines) is 1. The average molecular weight is 420 g/mol. The number of hydrogen-bond acceptors (Lipinski definition) is 3. The lowest BCUT2D eigenvalue weighted by molar-refractivity contribution is -0.126. The van der Waals surface area contributed by atoms with Crippen molar-refractivity contribution in [3.05, 3.63) is 65.2 Å². The van der Waals surface area contributed by atoms with E-state index in [-0.39, 0.29) is 11.8 Å². The first-order valence-electron chi connectivity index (χ1n) is 11.5. The maximum Gasteiger partial charge on any atom is 0.243 e. The molecular weight excluding hydrogens is 386 g/mol. The minimum atomic E-state index is -0.425. The van der Waals surface area contributed by atoms with E-state index in [1.165, 1.54) is 11.1 Å². The van der Waals surface area contributed by atoms with Gasteiger partial charge in [0.05, 0.1) is 0 Å². The molecule has 2 heterocycles. The smallest absolute Gasteiger partial charge is 0.243 e. The lowest BCUT2D eigenvalue weighted by atomic mass is 9.96. The van der Waals surface area contributed by atoms with Crippen molar-refractivity contribution in [3.8, 4) is 0 Å². The number of nitrogens with zero attached hydrogens (tertiary/aromatic N) is 2. The Bertz CT molecular complexity index is 917. The molecule has 1 fully saturated rings. The third kappa shape index (κ3) is 4.99. The van der Waals surface area contributed by atoms with Crippen LogP contribution in [0, 0.1) is 12.8 Å². The van der Waals surface area contributed by atoms with Crippen molar-refractivity contribution in [3.63, 3.8) is 0 Å². The number of piperidine rings is 1. The molecule has 2 aromatic carbocycles. The molecular formula is C26H33N3O2. The molecule has 1 N–H and O–H groups in total. The molecule has 2 aliphatic rings. The number of carbonyl (C=O) groups is 2. The van der Waals surface area contributed by atoms with E-state index in [4.69, 9.17) is 0 Å². The first-order chi connectivity index (χ1) is 15.0. The summed E-state index contributed by atoms with van der Waals surface area (Å²) in [4.78, 5) is 29.7. The molecule has 2 aromatic rings. The van der Waals surface area contributed by atoms with Gasteiger partial charge in [0.2, 0.25) is 11.8 Å². The van der Waals surface area contributed by atoms with Gasteiger partial charge in [-0.3, -0.25) is 19.4 Å². The number of hydrogen-bond donors (Lipinski definition) is 1. The molecule has 1 saturated heterocycles. The fourth-order valence-electron chi connectivity index (χ4n) is 4.74. The molecule has 0 saturated carbocycles. The second-order valence-electron chi connectivity index (χ2n) is 8.92. The number of carbonyl (C=O) groups excluding carboxylic acids is 2. The van der Waals surface area contributed by atoms with E-state index in [1.54, 1.807) is 4.90 Å². The van der Waals surface area contributed by atoms with Crippen LogP contribution in [0.25, 0.3) is 0 Å². The molecule has 5 heteroatoms. The molecule has 0 unspecified atom stereocenters. The third-order valence-electron chi connectivity index (χ3n) is 6.65. The SMILES string of the molecule is CCC(=O)N1c2ccccc2C[C@H]1C(=O)NCC1CCN(Cc2ccc(C)cc2)CC1. The fourth-order valence-corrected chi connectivity index (χ4v) is 4.74. The predicted octanol–water partition coefficient (Wildman–Crippen LogP) is 3.69. The van der Waals surface area contributed by atoms with Gasteiger partial charge in [-0.05, 0) is 56.0 Å². The van der Waals surface area contributed by atoms with Gasteiger partial charge in [-0.15, -0.1) is 0 Å². The number of aryl methyl sites for hydroxylation is 1. The van der Waals surface area contributed by atoms with Crippen LogP contribution in [0.3, 0.4) is 0 Å². The maximum absolute atomic E-state index is 13.0. The Hall–Kier alpha value is -2.66. The van der Waals surface area contributed by atoms with Gasteiger partial charge in [0.15, 0.2) is 0 Å². The monoisotopic (exact) mass is 419 g/mol. The van der Waals surface area contributed by atoms with Crippen molar-refractivity contribution >= 4 is 17.5 Å². The van der Waals surface area contributed by atoms with E-state index in [0.717, 1.165) is 43.7 Å². The normalized spacial score (nSPS) is 19.3. The topological polar surface area (TPSA) is 52.7 Å². The number of amides is 2. The number of para-hydroxylation sites is 1. The van der Waals surface area contributed by atoms with Crippen LogP contribution in [-0.2, 0) is 22.6 Å². The summed E-state index contributed by atoms with van der Waals surface area (Å²) < 4.78 is 0. The van der Waals surface area contributed by atoms with Crippen molar-refractivity contribution < 1.29 is 9.59 Å². The number of anilines is 1. The lowest BCUT2D eigenvalue weighted by Crippen LogP contribution is -2.49. The Balaban J connectivity index is 1.27. The second kappa shape index (κ2) is 9.65. The highest BCUT2D eigenvalue weighted by atomic mass is 16.2. The molecule has 4 rings (SSSR count). The molecule has 0 aliphatic carbocycles. The largest absolute Gasteiger partial charge is 0.354 e. The quantitative estimate of drug-likeness (QED) is 0.777. The van der Waals surface area contributed by atoms with Gasteiger partial charge in [-0.2, -0.15) is 0 Å². The molecule has 1 atom stereocenters. The first-order valence-corrected chi connectivity index (χ1v) is 11.5. The van der Waals surface area contributed by atoms with Gasteiger partial charge < -0.3 is 5.32 Å². The number of nitrogens with one attached hydrogen (secondary N) is 1. The second-order valence-corrected chi connectivity index (χ2v) is 8.92. The average Bonchev–Trinajstić information content (AvgIpc) is 3.19. The molecule has 2 aliphatic heterocycles. The van der Waals surface area contributed by atoms with Crippen LogP contribution in [-0.4, -0.2) is 42.4 Å². The Morgan fingerprint density at radius 1 is 1.03 bits per heavy atom. The highest BCUT2D eigenvalue weighted by Crippen LogP contribution is 2.32. The molecule has 0 bridgehead atoms. The third-order valence-corrected chi connectivity index (χ3v) is 6.65. The summed E-state index contributed by atoms with van der Waals surface area (Å²) in [6.07, 6.45) is 3.18. The van der Waals surface area contributed by atoms with Crippen molar-refractivity contribution in [2.24, 2.45) is 5.92 Å². The van der Waals surface area contributed by atoms with Crippen LogP contribution in [0.15, 0.2) is 48.5 Å². The van der Waals surface area contributed by atoms with Gasteiger partial charge in [0.1, 0.15) is 6.04 Å². The van der Waals surface area contributed by atoms with E-state index in [1.807, 2.05) is 31.2 Å². The number of benzene rings is 2. The summed E-state index contributed by atoms with van der Waals surface area (Å²) in [6.45, 7) is 7.77. The fraction of sp³-hybridized carbons (Fsp3) is 0.462. The molecule has 0 aromatic heterocycles. The highest BCUT2D eigenvalue weighted by molar-refractivity contribution is 6.03. The van der Waals surface area contributed by atoms with Crippen molar-refractivity contribution in [2.75, 3.05) is 24.5 Å². The summed E-state index contributed by atoms with van der Waals surface area (Å²) in [5.41, 5.74) is 4.62. The molecule has 0 radical (unpaired) electrons. The van der Waals surface area contributed by atoms with Crippen molar-refractivity contribution in [1.82, 2.24) is 10.2 Å². The molecule has 2 amide bonds. The van der Waals surface area contributed by atoms with Crippen LogP contribution in [0.1, 0.15) is 42.9 Å². The Kier molecular flexibility index (Phi) is 6.71. The Morgan fingerprint density at radius 2 is 1.74 bits per heavy atom. The molecule has 31 heavy (non-hydrogen) atoms. The van der Waals surface area contributed by atoms with Crippen molar-refractivity contribution in [2.45, 2.75) is 52.1 Å². The minimum Gasteiger partial charge on any atom is -0.354 e. The summed E-state index contributed by atoms with van der Waals surface area (Å²) in [7, 11) is 0. The standard InChI is InChI=1S/C26H33N3O2/c1-3-25(30)29-23-7-5-4-6-22(23)16-24(29)26(31)27-17-20-12-14-28(15-13-20)18-21-10-8-19(2)9-11-21/h4-11,20,24H,3,12-18H2,1-2H3,(H,27,31)/t24-/m0/s1. The van der Waals surface area contributed by atoms with Crippen LogP contribution in [0.4, 0.5) is 5.69 Å². The zero-order valence-electron chi connectivity index (χ0n) is 18.6. The maximum atomic E-state index is 13.0. The molecule has 5 nitrogen and oxygen atoms in total. The van der Waals surface area contributed by atoms with E-state index in [0.29, 0.717) is 25.3 Å². The van der Waals surface area contributed by atoms with Crippen LogP contribution < -0.4 is 10.2 Å². The Morgan fingerprint density at radius 3 is 2.45 bits per heavy atom. The van der Waals surface area contributed by atoms with Gasteiger partial charge in [-0.1, -0.05) is 55.0 Å². The number of fused-ring (bicyclic) bond motifs is 1. The zero-order chi connectivity index (χ0) is 21.8. The summed E-state index contributed by atoms with van der Waals surface area (Å²) in [6, 6.07) is 16.2. The Labute approximate surface area is 185 Å². The van der Waals surface area contributed by atoms with Gasteiger partial charge >= 0.3 is 0 Å². The van der Waals surface area contributed by atoms with Crippen LogP contribution >= 0.6 is 0 Å².